The minimum Gasteiger partial charge on any atom is -0.264 e. The second-order valence-corrected chi connectivity index (χ2v) is 14.5. The van der Waals surface area contributed by atoms with E-state index in [4.69, 9.17) is 0 Å². The van der Waals surface area contributed by atoms with Crippen molar-refractivity contribution < 1.29 is 175 Å². The van der Waals surface area contributed by atoms with Gasteiger partial charge in [-0.2, -0.15) is 166 Å². The SMILES string of the molecule is CC(=NOS(=O)(=O)C(F)(F)C(F)(F)C(F)(F)C(F)(F)C(F)(F)C(F)(F)C(F)(F)C(F)(F)F)C(C)=NOS(=O)(=O)C(F)(F)C(F)(F)C(F)(F)C(F)(F)C(F)(F)C(F)(F)C(F)(F)C(F)(F)F. The number of hydrogen-bond acceptors (Lipinski definition) is 8. The van der Waals surface area contributed by atoms with Crippen LogP contribution in [0.1, 0.15) is 13.8 Å². The van der Waals surface area contributed by atoms with E-state index in [1.54, 1.807) is 0 Å². The summed E-state index contributed by atoms with van der Waals surface area (Å²) in [5.41, 5.74) is -4.59. The van der Waals surface area contributed by atoms with Gasteiger partial charge >= 0.3 is 114 Å². The molecule has 0 aromatic heterocycles. The normalized spacial score (nSPS) is 17.2. The van der Waals surface area contributed by atoms with Gasteiger partial charge in [-0.1, -0.05) is 10.3 Å². The molecular formula is C20H6F34N2O6S2. The molecule has 0 aliphatic carbocycles. The van der Waals surface area contributed by atoms with Crippen molar-refractivity contribution in [3.05, 3.63) is 0 Å². The fourth-order valence-electron chi connectivity index (χ4n) is 3.05. The van der Waals surface area contributed by atoms with Gasteiger partial charge in [0, 0.05) is 0 Å². The highest BCUT2D eigenvalue weighted by molar-refractivity contribution is 7.88. The topological polar surface area (TPSA) is 111 Å². The van der Waals surface area contributed by atoms with E-state index in [1.807, 2.05) is 0 Å². The van der Waals surface area contributed by atoms with E-state index in [0.29, 0.717) is 0 Å². The summed E-state index contributed by atoms with van der Waals surface area (Å²) in [6, 6.07) is 0. The first-order chi connectivity index (χ1) is 27.0. The lowest BCUT2D eigenvalue weighted by atomic mass is 9.91. The van der Waals surface area contributed by atoms with E-state index in [0.717, 1.165) is 0 Å². The van der Waals surface area contributed by atoms with Crippen molar-refractivity contribution in [2.45, 2.75) is 108 Å². The Morgan fingerprint density at radius 3 is 0.578 bits per heavy atom. The van der Waals surface area contributed by atoms with Crippen LogP contribution in [0, 0.1) is 0 Å². The monoisotopic (exact) mass is 1080 g/mol. The minimum absolute atomic E-state index is 0.368. The van der Waals surface area contributed by atoms with Gasteiger partial charge in [-0.3, -0.25) is 8.57 Å². The lowest BCUT2D eigenvalue weighted by Crippen LogP contribution is -2.75. The van der Waals surface area contributed by atoms with E-state index in [2.05, 4.69) is 8.57 Å². The second kappa shape index (κ2) is 15.5. The summed E-state index contributed by atoms with van der Waals surface area (Å²) in [6.45, 7) is -0.736. The van der Waals surface area contributed by atoms with Crippen molar-refractivity contribution in [1.82, 2.24) is 0 Å². The number of rotatable bonds is 19. The van der Waals surface area contributed by atoms with E-state index in [-0.39, 0.29) is 13.8 Å². The predicted molar refractivity (Wildman–Crippen MR) is 128 cm³/mol. The summed E-state index contributed by atoms with van der Waals surface area (Å²) in [6.07, 6.45) is -16.4. The van der Waals surface area contributed by atoms with Crippen LogP contribution in [0.4, 0.5) is 149 Å². The van der Waals surface area contributed by atoms with Crippen LogP contribution in [0.2, 0.25) is 0 Å². The molecule has 0 N–H and O–H groups in total. The Morgan fingerprint density at radius 2 is 0.422 bits per heavy atom. The van der Waals surface area contributed by atoms with Crippen molar-refractivity contribution in [3.63, 3.8) is 0 Å². The minimum atomic E-state index is -9.38. The van der Waals surface area contributed by atoms with Crippen LogP contribution >= 0.6 is 0 Å². The molecule has 0 saturated carbocycles. The highest BCUT2D eigenvalue weighted by atomic mass is 32.2. The van der Waals surface area contributed by atoms with Crippen LogP contribution in [0.25, 0.3) is 0 Å². The van der Waals surface area contributed by atoms with Gasteiger partial charge in [-0.05, 0) is 13.8 Å². The molecule has 0 aliphatic heterocycles. The maximum absolute atomic E-state index is 14.1. The van der Waals surface area contributed by atoms with E-state index in [1.165, 1.54) is 10.3 Å². The molecule has 0 atom stereocenters. The molecule has 44 heteroatoms. The summed E-state index contributed by atoms with van der Waals surface area (Å²) in [5, 5.41) is -14.0. The van der Waals surface area contributed by atoms with Crippen molar-refractivity contribution in [1.29, 1.82) is 0 Å². The van der Waals surface area contributed by atoms with Gasteiger partial charge in [0.25, 0.3) is 0 Å². The molecule has 0 aromatic rings. The van der Waals surface area contributed by atoms with Gasteiger partial charge < -0.3 is 0 Å². The summed E-state index contributed by atoms with van der Waals surface area (Å²) in [5.74, 6) is -110. The third kappa shape index (κ3) is 7.88. The summed E-state index contributed by atoms with van der Waals surface area (Å²) >= 11 is 0. The maximum atomic E-state index is 14.1. The average Bonchev–Trinajstić information content (AvgIpc) is 3.07. The molecule has 0 saturated heterocycles. The average molecular weight is 1080 g/mol. The van der Waals surface area contributed by atoms with Crippen LogP contribution in [-0.4, -0.2) is 122 Å². The molecule has 0 bridgehead atoms. The molecule has 0 amide bonds. The zero-order valence-electron chi connectivity index (χ0n) is 28.0. The number of hydrogen-bond donors (Lipinski definition) is 0. The van der Waals surface area contributed by atoms with Crippen molar-refractivity contribution in [2.24, 2.45) is 10.3 Å². The van der Waals surface area contributed by atoms with Crippen LogP contribution < -0.4 is 0 Å². The van der Waals surface area contributed by atoms with Crippen LogP contribution in [-0.2, 0) is 28.8 Å². The maximum Gasteiger partial charge on any atom is 0.460 e. The molecule has 0 radical (unpaired) electrons. The van der Waals surface area contributed by atoms with Gasteiger partial charge in [0.05, 0.1) is 0 Å². The number of halogens is 34. The Kier molecular flexibility index (Phi) is 14.7. The third-order valence-corrected chi connectivity index (χ3v) is 9.39. The lowest BCUT2D eigenvalue weighted by Gasteiger charge is -2.42. The van der Waals surface area contributed by atoms with Gasteiger partial charge in [0.15, 0.2) is 0 Å². The highest BCUT2D eigenvalue weighted by Gasteiger charge is 2.98. The largest absolute Gasteiger partial charge is 0.460 e. The summed E-state index contributed by atoms with van der Waals surface area (Å²) in [7, 11) is -17.3. The molecule has 0 rings (SSSR count). The molecule has 0 fully saturated rings. The predicted octanol–water partition coefficient (Wildman–Crippen LogP) is 10.4. The third-order valence-electron chi connectivity index (χ3n) is 7.08. The standard InChI is InChI=1S/C20H6F34N2O6S2/c1-3(55-61-63(57,58)19(51,52)15(41,42)11(33,34)7(25,26)5(21,22)9(29,30)13(37,38)17(45,46)47)4(2)56-62-64(59,60)20(53,54)16(43,44)12(35,36)8(27,28)6(23,24)10(31,32)14(39,40)18(48,49)50/h1-2H3. The fraction of sp³-hybridized carbons (Fsp3) is 0.900. The molecule has 0 aliphatic rings. The van der Waals surface area contributed by atoms with Crippen LogP contribution in [0.15, 0.2) is 10.3 Å². The van der Waals surface area contributed by atoms with Gasteiger partial charge in [0.1, 0.15) is 11.4 Å². The second-order valence-electron chi connectivity index (χ2n) is 11.3. The van der Waals surface area contributed by atoms with Gasteiger partial charge in [-0.15, -0.1) is 0 Å². The molecule has 0 aromatic carbocycles. The Morgan fingerprint density at radius 1 is 0.281 bits per heavy atom. The zero-order valence-corrected chi connectivity index (χ0v) is 29.6. The Bertz CT molecular complexity index is 1890. The molecule has 8 nitrogen and oxygen atoms in total. The Labute approximate surface area is 325 Å². The van der Waals surface area contributed by atoms with Crippen molar-refractivity contribution in [2.75, 3.05) is 0 Å². The molecule has 0 unspecified atom stereocenters. The quantitative estimate of drug-likeness (QED) is 0.0724. The smallest absolute Gasteiger partial charge is 0.264 e. The highest BCUT2D eigenvalue weighted by Crippen LogP contribution is 2.66. The van der Waals surface area contributed by atoms with E-state index < -0.39 is 126 Å². The number of oxime groups is 2. The van der Waals surface area contributed by atoms with Crippen molar-refractivity contribution >= 4 is 31.7 Å². The number of alkyl halides is 34. The first kappa shape index (κ1) is 60.5. The van der Waals surface area contributed by atoms with E-state index in [9.17, 15) is 166 Å². The first-order valence-corrected chi connectivity index (χ1v) is 16.2. The van der Waals surface area contributed by atoms with Crippen LogP contribution in [0.5, 0.6) is 0 Å². The molecular weight excluding hydrogens is 1070 g/mol. The Hall–Kier alpha value is -3.54. The first-order valence-electron chi connectivity index (χ1n) is 13.4. The molecule has 0 heterocycles. The zero-order chi connectivity index (χ0) is 53.0. The van der Waals surface area contributed by atoms with Crippen molar-refractivity contribution in [3.8, 4) is 0 Å². The van der Waals surface area contributed by atoms with E-state index >= 15 is 0 Å². The van der Waals surface area contributed by atoms with Crippen LogP contribution in [0.3, 0.4) is 0 Å². The van der Waals surface area contributed by atoms with Gasteiger partial charge in [0.2, 0.25) is 0 Å². The van der Waals surface area contributed by atoms with Gasteiger partial charge in [-0.25, -0.2) is 0 Å². The summed E-state index contributed by atoms with van der Waals surface area (Å²) in [4.78, 5) is 0. The molecule has 382 valence electrons. The Balaban J connectivity index is 7.06. The fourth-order valence-corrected chi connectivity index (χ4v) is 4.54. The number of nitrogens with zero attached hydrogens (tertiary/aromatic N) is 2. The molecule has 0 spiro atoms. The lowest BCUT2D eigenvalue weighted by molar-refractivity contribution is -0.458. The summed E-state index contributed by atoms with van der Waals surface area (Å²) < 4.78 is 505. The molecule has 64 heavy (non-hydrogen) atoms.